The molecule has 9 nitrogen and oxygen atoms in total. The SMILES string of the molecule is C[C@@H]1CN(CC(=O)N2CC(C)(C)c3c2cc(Cc2ccc(F)cc2)c2nc(CN)cn32)[C@@H](CN2CCOC[C@H]2C)CN1. The van der Waals surface area contributed by atoms with Gasteiger partial charge in [-0.2, -0.15) is 0 Å². The molecule has 3 aliphatic heterocycles. The number of hydrogen-bond acceptors (Lipinski definition) is 7. The highest BCUT2D eigenvalue weighted by Crippen LogP contribution is 2.42. The normalized spacial score (nSPS) is 24.8. The number of amides is 1. The van der Waals surface area contributed by atoms with E-state index in [1.807, 2.05) is 11.1 Å². The number of carbonyl (C=O) groups is 1. The van der Waals surface area contributed by atoms with Crippen molar-refractivity contribution in [3.05, 3.63) is 64.9 Å². The average molecular weight is 578 g/mol. The topological polar surface area (TPSA) is 91.4 Å². The summed E-state index contributed by atoms with van der Waals surface area (Å²) in [7, 11) is 0. The lowest BCUT2D eigenvalue weighted by Gasteiger charge is -2.43. The summed E-state index contributed by atoms with van der Waals surface area (Å²) in [5.41, 5.74) is 11.4. The predicted molar refractivity (Wildman–Crippen MR) is 162 cm³/mol. The molecule has 3 atom stereocenters. The first-order valence-electron chi connectivity index (χ1n) is 15.2. The summed E-state index contributed by atoms with van der Waals surface area (Å²) in [6.07, 6.45) is 2.59. The number of aromatic nitrogens is 2. The van der Waals surface area contributed by atoms with Gasteiger partial charge in [0.2, 0.25) is 5.91 Å². The zero-order valence-electron chi connectivity index (χ0n) is 25.3. The van der Waals surface area contributed by atoms with E-state index >= 15 is 0 Å². The summed E-state index contributed by atoms with van der Waals surface area (Å²) in [5.74, 6) is -0.145. The zero-order valence-corrected chi connectivity index (χ0v) is 25.3. The van der Waals surface area contributed by atoms with Crippen molar-refractivity contribution in [3.8, 4) is 0 Å². The summed E-state index contributed by atoms with van der Waals surface area (Å²) >= 11 is 0. The number of benzene rings is 1. The van der Waals surface area contributed by atoms with E-state index < -0.39 is 0 Å². The number of halogens is 1. The molecular weight excluding hydrogens is 533 g/mol. The molecule has 226 valence electrons. The molecule has 0 bridgehead atoms. The van der Waals surface area contributed by atoms with Crippen molar-refractivity contribution in [2.45, 2.75) is 64.2 Å². The Hall–Kier alpha value is -2.89. The van der Waals surface area contributed by atoms with Crippen LogP contribution >= 0.6 is 0 Å². The summed E-state index contributed by atoms with van der Waals surface area (Å²) in [5, 5.41) is 3.63. The fraction of sp³-hybridized carbons (Fsp3) is 0.562. The van der Waals surface area contributed by atoms with E-state index in [4.69, 9.17) is 15.5 Å². The minimum atomic E-state index is -0.274. The van der Waals surface area contributed by atoms with Crippen molar-refractivity contribution >= 4 is 17.2 Å². The number of pyridine rings is 1. The van der Waals surface area contributed by atoms with E-state index in [2.05, 4.69) is 53.3 Å². The van der Waals surface area contributed by atoms with Gasteiger partial charge in [0.1, 0.15) is 11.5 Å². The van der Waals surface area contributed by atoms with Gasteiger partial charge in [0.05, 0.1) is 36.8 Å². The van der Waals surface area contributed by atoms with Crippen LogP contribution in [0.15, 0.2) is 36.5 Å². The van der Waals surface area contributed by atoms with Crippen molar-refractivity contribution in [1.29, 1.82) is 0 Å². The highest BCUT2D eigenvalue weighted by atomic mass is 19.1. The molecule has 1 amide bonds. The van der Waals surface area contributed by atoms with E-state index in [1.54, 1.807) is 12.1 Å². The second-order valence-corrected chi connectivity index (χ2v) is 13.0. The lowest BCUT2D eigenvalue weighted by Crippen LogP contribution is -2.62. The maximum atomic E-state index is 14.2. The molecule has 3 aliphatic rings. The largest absolute Gasteiger partial charge is 0.379 e. The molecule has 0 unspecified atom stereocenters. The molecule has 0 saturated carbocycles. The number of morpholine rings is 1. The Balaban J connectivity index is 1.31. The third-order valence-electron chi connectivity index (χ3n) is 9.16. The molecule has 42 heavy (non-hydrogen) atoms. The van der Waals surface area contributed by atoms with Crippen LogP contribution in [0.25, 0.3) is 5.65 Å². The molecular formula is C32H44FN7O2. The Morgan fingerprint density at radius 2 is 2.00 bits per heavy atom. The number of fused-ring (bicyclic) bond motifs is 3. The first kappa shape index (κ1) is 29.2. The van der Waals surface area contributed by atoms with E-state index in [-0.39, 0.29) is 23.2 Å². The van der Waals surface area contributed by atoms with E-state index in [0.717, 1.165) is 73.2 Å². The lowest BCUT2D eigenvalue weighted by molar-refractivity contribution is -0.121. The first-order valence-corrected chi connectivity index (χ1v) is 15.2. The maximum Gasteiger partial charge on any atom is 0.241 e. The molecule has 6 rings (SSSR count). The third-order valence-corrected chi connectivity index (χ3v) is 9.16. The third kappa shape index (κ3) is 5.70. The summed E-state index contributed by atoms with van der Waals surface area (Å²) in [4.78, 5) is 25.9. The summed E-state index contributed by atoms with van der Waals surface area (Å²) in [6.45, 7) is 15.1. The number of nitrogens with one attached hydrogen (secondary N) is 1. The van der Waals surface area contributed by atoms with Crippen LogP contribution in [0.5, 0.6) is 0 Å². The Kier molecular flexibility index (Phi) is 8.10. The van der Waals surface area contributed by atoms with Crippen molar-refractivity contribution in [2.24, 2.45) is 5.73 Å². The molecule has 2 fully saturated rings. The molecule has 2 aromatic heterocycles. The number of carbonyl (C=O) groups excluding carboxylic acids is 1. The number of imidazole rings is 1. The number of nitrogens with two attached hydrogens (primary N) is 1. The van der Waals surface area contributed by atoms with Gasteiger partial charge in [-0.25, -0.2) is 9.37 Å². The standard InChI is InChI=1S/C32H44FN7O2/c1-21-15-38(27(14-35-21)17-37-9-10-42-19-22(37)2)18-29(41)40-20-32(3,4)30-28(40)12-24(11-23-5-7-25(33)8-6-23)31-36-26(13-34)16-39(30)31/h5-8,12,16,21-22,27,35H,9-11,13-15,17-20,34H2,1-4H3/t21-,22-,27-/m1/s1. The van der Waals surface area contributed by atoms with Gasteiger partial charge < -0.3 is 25.1 Å². The van der Waals surface area contributed by atoms with Gasteiger partial charge in [-0.15, -0.1) is 0 Å². The highest BCUT2D eigenvalue weighted by Gasteiger charge is 2.42. The molecule has 3 N–H and O–H groups in total. The molecule has 1 aromatic carbocycles. The van der Waals surface area contributed by atoms with E-state index in [0.29, 0.717) is 38.1 Å². The van der Waals surface area contributed by atoms with E-state index in [1.165, 1.54) is 12.1 Å². The van der Waals surface area contributed by atoms with Crippen LogP contribution in [0, 0.1) is 5.82 Å². The van der Waals surface area contributed by atoms with Gasteiger partial charge >= 0.3 is 0 Å². The van der Waals surface area contributed by atoms with Gasteiger partial charge in [-0.05, 0) is 37.6 Å². The van der Waals surface area contributed by atoms with Crippen LogP contribution in [-0.4, -0.2) is 95.7 Å². The van der Waals surface area contributed by atoms with E-state index in [9.17, 15) is 9.18 Å². The van der Waals surface area contributed by atoms with Crippen LogP contribution in [0.3, 0.4) is 0 Å². The van der Waals surface area contributed by atoms with Crippen molar-refractivity contribution < 1.29 is 13.9 Å². The highest BCUT2D eigenvalue weighted by molar-refractivity contribution is 5.98. The van der Waals surface area contributed by atoms with Gasteiger partial charge in [0.15, 0.2) is 0 Å². The van der Waals surface area contributed by atoms with Crippen molar-refractivity contribution in [2.75, 3.05) is 57.4 Å². The van der Waals surface area contributed by atoms with Crippen molar-refractivity contribution in [3.63, 3.8) is 0 Å². The molecule has 2 saturated heterocycles. The Morgan fingerprint density at radius 3 is 2.74 bits per heavy atom. The monoisotopic (exact) mass is 577 g/mol. The quantitative estimate of drug-likeness (QED) is 0.446. The van der Waals surface area contributed by atoms with Crippen molar-refractivity contribution in [1.82, 2.24) is 24.5 Å². The minimum absolute atomic E-state index is 0.113. The van der Waals surface area contributed by atoms with Gasteiger partial charge in [-0.3, -0.25) is 14.6 Å². The Labute approximate surface area is 247 Å². The zero-order chi connectivity index (χ0) is 29.6. The fourth-order valence-electron chi connectivity index (χ4n) is 6.92. The Bertz CT molecular complexity index is 1440. The molecule has 0 spiro atoms. The lowest BCUT2D eigenvalue weighted by atomic mass is 9.90. The summed E-state index contributed by atoms with van der Waals surface area (Å²) in [6, 6.07) is 9.65. The average Bonchev–Trinajstić information content (AvgIpc) is 3.51. The minimum Gasteiger partial charge on any atom is -0.379 e. The number of rotatable bonds is 7. The van der Waals surface area contributed by atoms with Crippen LogP contribution in [0.1, 0.15) is 50.2 Å². The van der Waals surface area contributed by atoms with Gasteiger partial charge in [0.25, 0.3) is 0 Å². The number of hydrogen-bond donors (Lipinski definition) is 2. The maximum absolute atomic E-state index is 14.2. The summed E-state index contributed by atoms with van der Waals surface area (Å²) < 4.78 is 21.4. The second kappa shape index (κ2) is 11.7. The predicted octanol–water partition coefficient (Wildman–Crippen LogP) is 2.53. The van der Waals surface area contributed by atoms with Crippen LogP contribution in [0.2, 0.25) is 0 Å². The number of ether oxygens (including phenoxy) is 1. The number of nitrogens with zero attached hydrogens (tertiary/aromatic N) is 5. The molecule has 0 radical (unpaired) electrons. The molecule has 5 heterocycles. The first-order chi connectivity index (χ1) is 20.1. The smallest absolute Gasteiger partial charge is 0.241 e. The van der Waals surface area contributed by atoms with Gasteiger partial charge in [-0.1, -0.05) is 26.0 Å². The number of anilines is 1. The van der Waals surface area contributed by atoms with Crippen LogP contribution < -0.4 is 16.0 Å². The second-order valence-electron chi connectivity index (χ2n) is 13.0. The van der Waals surface area contributed by atoms with Crippen LogP contribution in [-0.2, 0) is 27.9 Å². The fourth-order valence-corrected chi connectivity index (χ4v) is 6.92. The van der Waals surface area contributed by atoms with Gasteiger partial charge in [0, 0.05) is 81.0 Å². The molecule has 3 aromatic rings. The number of piperazine rings is 1. The van der Waals surface area contributed by atoms with Crippen LogP contribution in [0.4, 0.5) is 10.1 Å². The Morgan fingerprint density at radius 1 is 1.21 bits per heavy atom. The molecule has 0 aliphatic carbocycles. The molecule has 10 heteroatoms.